The van der Waals surface area contributed by atoms with Crippen molar-refractivity contribution in [2.24, 2.45) is 11.7 Å². The van der Waals surface area contributed by atoms with Crippen molar-refractivity contribution < 1.29 is 4.74 Å². The lowest BCUT2D eigenvalue weighted by atomic mass is 9.97. The number of rotatable bonds is 6. The highest BCUT2D eigenvalue weighted by atomic mass is 16.5. The molecule has 74 valence electrons. The van der Waals surface area contributed by atoms with Crippen LogP contribution in [0.3, 0.4) is 0 Å². The van der Waals surface area contributed by atoms with Gasteiger partial charge in [-0.05, 0) is 18.8 Å². The molecule has 0 bridgehead atoms. The highest BCUT2D eigenvalue weighted by molar-refractivity contribution is 4.73. The second-order valence-electron chi connectivity index (χ2n) is 3.86. The summed E-state index contributed by atoms with van der Waals surface area (Å²) in [6.07, 6.45) is 3.52. The van der Waals surface area contributed by atoms with E-state index in [-0.39, 0.29) is 12.1 Å². The Morgan fingerprint density at radius 2 is 1.92 bits per heavy atom. The van der Waals surface area contributed by atoms with E-state index in [1.807, 2.05) is 0 Å². The van der Waals surface area contributed by atoms with E-state index in [9.17, 15) is 0 Å². The van der Waals surface area contributed by atoms with Gasteiger partial charge in [0.25, 0.3) is 0 Å². The van der Waals surface area contributed by atoms with Crippen molar-refractivity contribution in [1.29, 1.82) is 0 Å². The van der Waals surface area contributed by atoms with Gasteiger partial charge < -0.3 is 10.5 Å². The number of nitrogens with two attached hydrogens (primary N) is 1. The Kier molecular flexibility index (Phi) is 6.39. The minimum atomic E-state index is 0.204. The fourth-order valence-corrected chi connectivity index (χ4v) is 1.49. The first-order chi connectivity index (χ1) is 5.61. The van der Waals surface area contributed by atoms with Gasteiger partial charge in [0, 0.05) is 13.2 Å². The second kappa shape index (κ2) is 6.44. The first-order valence-electron chi connectivity index (χ1n) is 4.90. The maximum absolute atomic E-state index is 5.99. The zero-order valence-corrected chi connectivity index (χ0v) is 8.84. The van der Waals surface area contributed by atoms with Crippen LogP contribution >= 0.6 is 0 Å². The molecule has 0 spiro atoms. The summed E-state index contributed by atoms with van der Waals surface area (Å²) in [5.74, 6) is 0.662. The zero-order valence-electron chi connectivity index (χ0n) is 8.84. The lowest BCUT2D eigenvalue weighted by molar-refractivity contribution is 0.0666. The molecule has 0 saturated heterocycles. The van der Waals surface area contributed by atoms with Crippen molar-refractivity contribution in [3.8, 4) is 0 Å². The molecule has 12 heavy (non-hydrogen) atoms. The molecule has 2 N–H and O–H groups in total. The molecule has 0 aliphatic heterocycles. The molecule has 0 aliphatic carbocycles. The fraction of sp³-hybridized carbons (Fsp3) is 1.00. The Morgan fingerprint density at radius 3 is 2.25 bits per heavy atom. The van der Waals surface area contributed by atoms with E-state index < -0.39 is 0 Å². The van der Waals surface area contributed by atoms with Crippen molar-refractivity contribution in [3.63, 3.8) is 0 Å². The third-order valence-corrected chi connectivity index (χ3v) is 2.10. The molecule has 0 saturated carbocycles. The summed E-state index contributed by atoms with van der Waals surface area (Å²) >= 11 is 0. The number of hydrogen-bond donors (Lipinski definition) is 1. The van der Waals surface area contributed by atoms with E-state index >= 15 is 0 Å². The van der Waals surface area contributed by atoms with Crippen LogP contribution in [0.5, 0.6) is 0 Å². The summed E-state index contributed by atoms with van der Waals surface area (Å²) < 4.78 is 5.33. The Morgan fingerprint density at radius 1 is 1.33 bits per heavy atom. The van der Waals surface area contributed by atoms with E-state index in [1.54, 1.807) is 7.11 Å². The zero-order chi connectivity index (χ0) is 9.56. The summed E-state index contributed by atoms with van der Waals surface area (Å²) in [5, 5.41) is 0. The van der Waals surface area contributed by atoms with Crippen LogP contribution < -0.4 is 5.73 Å². The minimum Gasteiger partial charge on any atom is -0.380 e. The van der Waals surface area contributed by atoms with Gasteiger partial charge in [-0.25, -0.2) is 0 Å². The normalized spacial score (nSPS) is 16.5. The first kappa shape index (κ1) is 11.9. The van der Waals surface area contributed by atoms with Crippen molar-refractivity contribution >= 4 is 0 Å². The molecule has 0 aromatic rings. The van der Waals surface area contributed by atoms with Gasteiger partial charge in [-0.3, -0.25) is 0 Å². The molecule has 0 amide bonds. The average molecular weight is 173 g/mol. The number of ether oxygens (including phenoxy) is 1. The van der Waals surface area contributed by atoms with Crippen molar-refractivity contribution in [1.82, 2.24) is 0 Å². The van der Waals surface area contributed by atoms with E-state index in [1.165, 1.54) is 0 Å². The molecular formula is C10H23NO. The molecule has 2 unspecified atom stereocenters. The summed E-state index contributed by atoms with van der Waals surface area (Å²) in [5.41, 5.74) is 5.99. The SMILES string of the molecule is CCCC(OC)C(N)CC(C)C. The van der Waals surface area contributed by atoms with E-state index in [0.29, 0.717) is 5.92 Å². The second-order valence-corrected chi connectivity index (χ2v) is 3.86. The van der Waals surface area contributed by atoms with E-state index in [2.05, 4.69) is 20.8 Å². The molecular weight excluding hydrogens is 150 g/mol. The summed E-state index contributed by atoms with van der Waals surface area (Å²) in [6, 6.07) is 0.204. The molecule has 0 aliphatic rings. The lowest BCUT2D eigenvalue weighted by Crippen LogP contribution is -2.37. The van der Waals surface area contributed by atoms with Crippen LogP contribution in [0.4, 0.5) is 0 Å². The monoisotopic (exact) mass is 173 g/mol. The Bertz CT molecular complexity index is 104. The quantitative estimate of drug-likeness (QED) is 0.668. The van der Waals surface area contributed by atoms with Gasteiger partial charge in [0.15, 0.2) is 0 Å². The highest BCUT2D eigenvalue weighted by Crippen LogP contribution is 2.12. The lowest BCUT2D eigenvalue weighted by Gasteiger charge is -2.23. The third kappa shape index (κ3) is 4.73. The van der Waals surface area contributed by atoms with Gasteiger partial charge in [-0.2, -0.15) is 0 Å². The van der Waals surface area contributed by atoms with Crippen molar-refractivity contribution in [3.05, 3.63) is 0 Å². The van der Waals surface area contributed by atoms with Crippen LogP contribution in [0.15, 0.2) is 0 Å². The predicted molar refractivity (Wildman–Crippen MR) is 53.1 cm³/mol. The fourth-order valence-electron chi connectivity index (χ4n) is 1.49. The minimum absolute atomic E-state index is 0.204. The maximum Gasteiger partial charge on any atom is 0.0722 e. The highest BCUT2D eigenvalue weighted by Gasteiger charge is 2.16. The Hall–Kier alpha value is -0.0800. The van der Waals surface area contributed by atoms with Gasteiger partial charge >= 0.3 is 0 Å². The molecule has 0 fully saturated rings. The Balaban J connectivity index is 3.76. The molecule has 0 radical (unpaired) electrons. The van der Waals surface area contributed by atoms with Gasteiger partial charge in [-0.15, -0.1) is 0 Å². The van der Waals surface area contributed by atoms with Crippen LogP contribution in [0.2, 0.25) is 0 Å². The molecule has 0 aromatic heterocycles. The van der Waals surface area contributed by atoms with Crippen molar-refractivity contribution in [2.75, 3.05) is 7.11 Å². The molecule has 0 heterocycles. The molecule has 0 rings (SSSR count). The van der Waals surface area contributed by atoms with Crippen LogP contribution in [-0.4, -0.2) is 19.3 Å². The molecule has 2 nitrogen and oxygen atoms in total. The van der Waals surface area contributed by atoms with Gasteiger partial charge in [0.1, 0.15) is 0 Å². The number of methoxy groups -OCH3 is 1. The largest absolute Gasteiger partial charge is 0.380 e. The number of hydrogen-bond acceptors (Lipinski definition) is 2. The van der Waals surface area contributed by atoms with E-state index in [0.717, 1.165) is 19.3 Å². The standard InChI is InChI=1S/C10H23NO/c1-5-6-10(12-4)9(11)7-8(2)3/h8-10H,5-7,11H2,1-4H3. The third-order valence-electron chi connectivity index (χ3n) is 2.10. The topological polar surface area (TPSA) is 35.2 Å². The summed E-state index contributed by atoms with van der Waals surface area (Å²) in [7, 11) is 1.75. The smallest absolute Gasteiger partial charge is 0.0722 e. The van der Waals surface area contributed by atoms with Gasteiger partial charge in [0.05, 0.1) is 6.10 Å². The average Bonchev–Trinajstić information content (AvgIpc) is 1.98. The van der Waals surface area contributed by atoms with Gasteiger partial charge in [-0.1, -0.05) is 27.2 Å². The molecule has 0 aromatic carbocycles. The first-order valence-corrected chi connectivity index (χ1v) is 4.90. The summed E-state index contributed by atoms with van der Waals surface area (Å²) in [6.45, 7) is 6.55. The van der Waals surface area contributed by atoms with Crippen LogP contribution in [0, 0.1) is 5.92 Å². The van der Waals surface area contributed by atoms with Crippen LogP contribution in [0.25, 0.3) is 0 Å². The Labute approximate surface area is 76.5 Å². The molecule has 2 heteroatoms. The van der Waals surface area contributed by atoms with Gasteiger partial charge in [0.2, 0.25) is 0 Å². The van der Waals surface area contributed by atoms with Crippen LogP contribution in [-0.2, 0) is 4.74 Å². The van der Waals surface area contributed by atoms with Crippen molar-refractivity contribution in [2.45, 2.75) is 52.2 Å². The molecule has 2 atom stereocenters. The summed E-state index contributed by atoms with van der Waals surface area (Å²) in [4.78, 5) is 0. The van der Waals surface area contributed by atoms with Crippen LogP contribution in [0.1, 0.15) is 40.0 Å². The predicted octanol–water partition coefficient (Wildman–Crippen LogP) is 2.17. The maximum atomic E-state index is 5.99. The van der Waals surface area contributed by atoms with E-state index in [4.69, 9.17) is 10.5 Å².